The highest BCUT2D eigenvalue weighted by atomic mass is 16.2. The van der Waals surface area contributed by atoms with Crippen molar-refractivity contribution in [3.63, 3.8) is 0 Å². The van der Waals surface area contributed by atoms with Gasteiger partial charge in [0.25, 0.3) is 0 Å². The van der Waals surface area contributed by atoms with Crippen LogP contribution in [0, 0.1) is 11.8 Å². The molecule has 1 aromatic carbocycles. The van der Waals surface area contributed by atoms with Gasteiger partial charge in [-0.15, -0.1) is 0 Å². The minimum absolute atomic E-state index is 0.0322. The molecule has 4 amide bonds. The largest absolute Gasteiger partial charge is 0.374 e. The van der Waals surface area contributed by atoms with Crippen molar-refractivity contribution in [1.82, 2.24) is 10.6 Å². The van der Waals surface area contributed by atoms with Gasteiger partial charge in [0.15, 0.2) is 0 Å². The van der Waals surface area contributed by atoms with Crippen LogP contribution in [-0.2, 0) is 9.59 Å². The first-order valence-electron chi connectivity index (χ1n) is 8.61. The molecule has 0 heterocycles. The number of hydrogen-bond acceptors (Lipinski definition) is 4. The number of hydrogen-bond donors (Lipinski definition) is 4. The smallest absolute Gasteiger partial charge is 0.321 e. The SMILES string of the molecule is CC(C)CNC(=O)NC(=O)C(C)Nc1cccc(NC(=O)C2CC2)c1. The summed E-state index contributed by atoms with van der Waals surface area (Å²) in [5, 5.41) is 10.8. The van der Waals surface area contributed by atoms with E-state index in [4.69, 9.17) is 0 Å². The lowest BCUT2D eigenvalue weighted by Crippen LogP contribution is -2.46. The number of rotatable bonds is 7. The molecular formula is C18H26N4O3. The normalized spacial score (nSPS) is 14.6. The van der Waals surface area contributed by atoms with Crippen LogP contribution in [0.4, 0.5) is 16.2 Å². The summed E-state index contributed by atoms with van der Waals surface area (Å²) in [5.41, 5.74) is 1.38. The first-order chi connectivity index (χ1) is 11.8. The van der Waals surface area contributed by atoms with Crippen LogP contribution in [0.2, 0.25) is 0 Å². The van der Waals surface area contributed by atoms with E-state index in [1.165, 1.54) is 0 Å². The van der Waals surface area contributed by atoms with E-state index < -0.39 is 18.0 Å². The van der Waals surface area contributed by atoms with E-state index in [1.54, 1.807) is 31.2 Å². The summed E-state index contributed by atoms with van der Waals surface area (Å²) in [4.78, 5) is 35.5. The molecule has 0 spiro atoms. The number of carbonyl (C=O) groups is 3. The Balaban J connectivity index is 1.84. The molecule has 7 heteroatoms. The van der Waals surface area contributed by atoms with Crippen LogP contribution in [0.25, 0.3) is 0 Å². The Labute approximate surface area is 147 Å². The number of anilines is 2. The molecule has 4 N–H and O–H groups in total. The third-order valence-electron chi connectivity index (χ3n) is 3.76. The number of imide groups is 1. The quantitative estimate of drug-likeness (QED) is 0.609. The lowest BCUT2D eigenvalue weighted by atomic mass is 10.2. The van der Waals surface area contributed by atoms with Crippen LogP contribution in [0.5, 0.6) is 0 Å². The maximum Gasteiger partial charge on any atom is 0.321 e. The molecule has 1 aliphatic rings. The van der Waals surface area contributed by atoms with Crippen molar-refractivity contribution in [1.29, 1.82) is 0 Å². The van der Waals surface area contributed by atoms with Crippen molar-refractivity contribution in [3.05, 3.63) is 24.3 Å². The fourth-order valence-corrected chi connectivity index (χ4v) is 2.15. The van der Waals surface area contributed by atoms with Crippen LogP contribution in [0.15, 0.2) is 24.3 Å². The lowest BCUT2D eigenvalue weighted by molar-refractivity contribution is -0.120. The summed E-state index contributed by atoms with van der Waals surface area (Å²) in [6, 6.07) is 6.07. The Morgan fingerprint density at radius 2 is 1.80 bits per heavy atom. The number of nitrogens with one attached hydrogen (secondary N) is 4. The number of urea groups is 1. The predicted molar refractivity (Wildman–Crippen MR) is 97.3 cm³/mol. The second-order valence-corrected chi connectivity index (χ2v) is 6.80. The maximum absolute atomic E-state index is 12.1. The molecule has 0 aliphatic heterocycles. The van der Waals surface area contributed by atoms with Crippen LogP contribution < -0.4 is 21.3 Å². The summed E-state index contributed by atoms with van der Waals surface area (Å²) in [7, 11) is 0. The second-order valence-electron chi connectivity index (χ2n) is 6.80. The van der Waals surface area contributed by atoms with Crippen molar-refractivity contribution in [3.8, 4) is 0 Å². The third-order valence-corrected chi connectivity index (χ3v) is 3.76. The average Bonchev–Trinajstić information content (AvgIpc) is 3.38. The molecule has 136 valence electrons. The molecule has 0 bridgehead atoms. The Morgan fingerprint density at radius 3 is 2.44 bits per heavy atom. The van der Waals surface area contributed by atoms with Gasteiger partial charge in [-0.2, -0.15) is 0 Å². The van der Waals surface area contributed by atoms with Crippen LogP contribution in [0.3, 0.4) is 0 Å². The van der Waals surface area contributed by atoms with Crippen molar-refractivity contribution < 1.29 is 14.4 Å². The topological polar surface area (TPSA) is 99.3 Å². The predicted octanol–water partition coefficient (Wildman–Crippen LogP) is 2.32. The van der Waals surface area contributed by atoms with E-state index in [0.29, 0.717) is 23.8 Å². The van der Waals surface area contributed by atoms with Gasteiger partial charge in [-0.25, -0.2) is 4.79 Å². The van der Waals surface area contributed by atoms with Gasteiger partial charge in [-0.1, -0.05) is 19.9 Å². The van der Waals surface area contributed by atoms with Gasteiger partial charge < -0.3 is 16.0 Å². The molecule has 25 heavy (non-hydrogen) atoms. The van der Waals surface area contributed by atoms with Crippen molar-refractivity contribution in [2.45, 2.75) is 39.7 Å². The van der Waals surface area contributed by atoms with E-state index in [2.05, 4.69) is 21.3 Å². The average molecular weight is 346 g/mol. The van der Waals surface area contributed by atoms with Crippen molar-refractivity contribution >= 4 is 29.2 Å². The van der Waals surface area contributed by atoms with Crippen LogP contribution in [0.1, 0.15) is 33.6 Å². The summed E-state index contributed by atoms with van der Waals surface area (Å²) < 4.78 is 0. The Hall–Kier alpha value is -2.57. The summed E-state index contributed by atoms with van der Waals surface area (Å²) in [6.45, 7) is 6.12. The van der Waals surface area contributed by atoms with Gasteiger partial charge in [-0.3, -0.25) is 14.9 Å². The zero-order chi connectivity index (χ0) is 18.4. The van der Waals surface area contributed by atoms with E-state index in [0.717, 1.165) is 12.8 Å². The molecular weight excluding hydrogens is 320 g/mol. The Morgan fingerprint density at radius 1 is 1.12 bits per heavy atom. The van der Waals surface area contributed by atoms with Gasteiger partial charge in [0.1, 0.15) is 6.04 Å². The zero-order valence-electron chi connectivity index (χ0n) is 14.9. The van der Waals surface area contributed by atoms with Gasteiger partial charge in [0.05, 0.1) is 0 Å². The van der Waals surface area contributed by atoms with Crippen molar-refractivity contribution in [2.75, 3.05) is 17.2 Å². The van der Waals surface area contributed by atoms with Gasteiger partial charge in [0, 0.05) is 23.8 Å². The Bertz CT molecular complexity index is 641. The lowest BCUT2D eigenvalue weighted by Gasteiger charge is -2.16. The number of amides is 4. The van der Waals surface area contributed by atoms with E-state index in [-0.39, 0.29) is 11.8 Å². The van der Waals surface area contributed by atoms with Gasteiger partial charge >= 0.3 is 6.03 Å². The van der Waals surface area contributed by atoms with E-state index in [9.17, 15) is 14.4 Å². The molecule has 2 rings (SSSR count). The maximum atomic E-state index is 12.1. The minimum atomic E-state index is -0.598. The molecule has 1 saturated carbocycles. The highest BCUT2D eigenvalue weighted by molar-refractivity contribution is 5.98. The second kappa shape index (κ2) is 8.50. The highest BCUT2D eigenvalue weighted by Crippen LogP contribution is 2.30. The molecule has 0 radical (unpaired) electrons. The van der Waals surface area contributed by atoms with Crippen LogP contribution in [-0.4, -0.2) is 30.4 Å². The molecule has 7 nitrogen and oxygen atoms in total. The molecule has 0 aromatic heterocycles. The van der Waals surface area contributed by atoms with Gasteiger partial charge in [-0.05, 0) is 43.9 Å². The number of carbonyl (C=O) groups excluding carboxylic acids is 3. The molecule has 0 saturated heterocycles. The summed E-state index contributed by atoms with van der Waals surface area (Å²) in [6.07, 6.45) is 1.89. The van der Waals surface area contributed by atoms with E-state index in [1.807, 2.05) is 13.8 Å². The molecule has 1 aromatic rings. The number of benzene rings is 1. The Kier molecular flexibility index (Phi) is 6.38. The van der Waals surface area contributed by atoms with Crippen molar-refractivity contribution in [2.24, 2.45) is 11.8 Å². The molecule has 1 unspecified atom stereocenters. The molecule has 1 fully saturated rings. The fraction of sp³-hybridized carbons (Fsp3) is 0.500. The standard InChI is InChI=1S/C18H26N4O3/c1-11(2)10-19-18(25)22-16(23)12(3)20-14-5-4-6-15(9-14)21-17(24)13-7-8-13/h4-6,9,11-13,20H,7-8,10H2,1-3H3,(H,21,24)(H2,19,22,23,25). The summed E-state index contributed by atoms with van der Waals surface area (Å²) in [5.74, 6) is 0.0501. The third kappa shape index (κ3) is 6.45. The first kappa shape index (κ1) is 18.8. The molecule has 1 aliphatic carbocycles. The monoisotopic (exact) mass is 346 g/mol. The molecule has 1 atom stereocenters. The zero-order valence-corrected chi connectivity index (χ0v) is 14.9. The van der Waals surface area contributed by atoms with Gasteiger partial charge in [0.2, 0.25) is 11.8 Å². The fourth-order valence-electron chi connectivity index (χ4n) is 2.15. The first-order valence-corrected chi connectivity index (χ1v) is 8.61. The minimum Gasteiger partial charge on any atom is -0.374 e. The van der Waals surface area contributed by atoms with Crippen LogP contribution >= 0.6 is 0 Å². The highest BCUT2D eigenvalue weighted by Gasteiger charge is 2.29. The summed E-state index contributed by atoms with van der Waals surface area (Å²) >= 11 is 0. The van der Waals surface area contributed by atoms with E-state index >= 15 is 0 Å².